The van der Waals surface area contributed by atoms with Gasteiger partial charge in [0.25, 0.3) is 0 Å². The molecule has 0 aliphatic carbocycles. The molecule has 7 aromatic carbocycles. The van der Waals surface area contributed by atoms with Gasteiger partial charge in [-0.1, -0.05) is 0 Å². The van der Waals surface area contributed by atoms with Crippen LogP contribution in [0.2, 0.25) is 0 Å². The van der Waals surface area contributed by atoms with Crippen LogP contribution in [0.25, 0.3) is 66.1 Å². The van der Waals surface area contributed by atoms with Gasteiger partial charge in [0.1, 0.15) is 0 Å². The third kappa shape index (κ3) is 3.43. The molecule has 44 heavy (non-hydrogen) atoms. The third-order valence-corrected chi connectivity index (χ3v) is 11.9. The van der Waals surface area contributed by atoms with Gasteiger partial charge in [-0.3, -0.25) is 0 Å². The van der Waals surface area contributed by atoms with Crippen molar-refractivity contribution in [3.63, 3.8) is 0 Å². The second-order valence-corrected chi connectivity index (χ2v) is 14.2. The Bertz CT molecular complexity index is 2490. The number of aromatic nitrogens is 2. The molecule has 0 saturated heterocycles. The van der Waals surface area contributed by atoms with Crippen LogP contribution >= 0.6 is 0 Å². The van der Waals surface area contributed by atoms with Crippen LogP contribution in [-0.4, -0.2) is 9.97 Å². The molecule has 0 atom stereocenters. The zero-order valence-corrected chi connectivity index (χ0v) is 25.7. The van der Waals surface area contributed by atoms with Gasteiger partial charge in [0.05, 0.1) is 0 Å². The summed E-state index contributed by atoms with van der Waals surface area (Å²) in [6.45, 7) is 0. The van der Waals surface area contributed by atoms with Gasteiger partial charge in [-0.25, -0.2) is 0 Å². The fourth-order valence-electron chi connectivity index (χ4n) is 6.96. The number of benzene rings is 7. The zero-order chi connectivity index (χ0) is 28.8. The van der Waals surface area contributed by atoms with Crippen LogP contribution in [0.15, 0.2) is 140 Å². The SMILES string of the molecule is c1ccc2c(c1)[I-]c1cc(-c3nc4ccccc4nc3N3c4c(ccc5ccccc45)-c4cccc5cccc3c45)ccc1-2. The Morgan fingerprint density at radius 2 is 1.20 bits per heavy atom. The number of hydrogen-bond acceptors (Lipinski definition) is 3. The van der Waals surface area contributed by atoms with Crippen LogP contribution in [0.5, 0.6) is 0 Å². The molecule has 0 saturated carbocycles. The second kappa shape index (κ2) is 9.21. The molecule has 0 bridgehead atoms. The number of nitrogens with zero attached hydrogens (tertiary/aromatic N) is 3. The summed E-state index contributed by atoms with van der Waals surface area (Å²) in [4.78, 5) is 13.2. The van der Waals surface area contributed by atoms with Crippen LogP contribution in [0, 0.1) is 7.14 Å². The summed E-state index contributed by atoms with van der Waals surface area (Å²) in [5.41, 5.74) is 11.3. The van der Waals surface area contributed by atoms with Crippen molar-refractivity contribution < 1.29 is 21.2 Å². The van der Waals surface area contributed by atoms with Crippen LogP contribution < -0.4 is 26.1 Å². The number of fused-ring (bicyclic) bond motifs is 8. The fourth-order valence-corrected chi connectivity index (χ4v) is 9.98. The summed E-state index contributed by atoms with van der Waals surface area (Å²) in [6, 6.07) is 50.5. The molecule has 0 unspecified atom stereocenters. The van der Waals surface area contributed by atoms with Crippen molar-refractivity contribution in [1.82, 2.24) is 9.97 Å². The van der Waals surface area contributed by atoms with E-state index in [0.29, 0.717) is 0 Å². The molecule has 2 aliphatic heterocycles. The second-order valence-electron chi connectivity index (χ2n) is 11.4. The van der Waals surface area contributed by atoms with Crippen LogP contribution in [0.3, 0.4) is 0 Å². The number of para-hydroxylation sites is 2. The van der Waals surface area contributed by atoms with Gasteiger partial charge in [-0.05, 0) is 0 Å². The van der Waals surface area contributed by atoms with E-state index in [0.717, 1.165) is 39.5 Å². The molecule has 3 heterocycles. The average Bonchev–Trinajstić information content (AvgIpc) is 3.46. The Morgan fingerprint density at radius 1 is 0.500 bits per heavy atom. The fraction of sp³-hybridized carbons (Fsp3) is 0. The van der Waals surface area contributed by atoms with Crippen LogP contribution in [0.1, 0.15) is 0 Å². The van der Waals surface area contributed by atoms with E-state index in [-0.39, 0.29) is 21.2 Å². The molecular weight excluding hydrogens is 649 g/mol. The topological polar surface area (TPSA) is 29.0 Å². The molecule has 0 amide bonds. The average molecular weight is 673 g/mol. The van der Waals surface area contributed by atoms with Crippen molar-refractivity contribution in [1.29, 1.82) is 0 Å². The molecular formula is C40H23IN3-. The number of hydrogen-bond donors (Lipinski definition) is 0. The zero-order valence-electron chi connectivity index (χ0n) is 23.5. The van der Waals surface area contributed by atoms with Crippen molar-refractivity contribution in [2.75, 3.05) is 4.90 Å². The van der Waals surface area contributed by atoms with Crippen molar-refractivity contribution in [2.45, 2.75) is 0 Å². The molecule has 0 N–H and O–H groups in total. The quantitative estimate of drug-likeness (QED) is 0.183. The van der Waals surface area contributed by atoms with E-state index in [2.05, 4.69) is 132 Å². The predicted molar refractivity (Wildman–Crippen MR) is 176 cm³/mol. The summed E-state index contributed by atoms with van der Waals surface area (Å²) >= 11 is -0.258. The number of anilines is 3. The molecule has 0 fully saturated rings. The molecule has 2 aliphatic rings. The van der Waals surface area contributed by atoms with Gasteiger partial charge in [0.2, 0.25) is 0 Å². The van der Waals surface area contributed by atoms with E-state index in [9.17, 15) is 0 Å². The summed E-state index contributed by atoms with van der Waals surface area (Å²) < 4.78 is 2.93. The van der Waals surface area contributed by atoms with Crippen molar-refractivity contribution >= 4 is 49.8 Å². The molecule has 10 rings (SSSR count). The summed E-state index contributed by atoms with van der Waals surface area (Å²) in [5, 5.41) is 4.87. The Morgan fingerprint density at radius 3 is 2.14 bits per heavy atom. The van der Waals surface area contributed by atoms with E-state index in [1.807, 2.05) is 12.1 Å². The Balaban J connectivity index is 1.31. The Kier molecular flexibility index (Phi) is 5.11. The Labute approximate surface area is 264 Å². The van der Waals surface area contributed by atoms with Gasteiger partial charge < -0.3 is 0 Å². The summed E-state index contributed by atoms with van der Waals surface area (Å²) in [6.07, 6.45) is 0. The molecule has 1 aromatic heterocycles. The standard InChI is InChI=1S/C40H23IN3/c1-2-12-27-24(9-1)19-22-31-30-14-7-10-25-11-8-18-36(37(25)30)44(39(27)31)40-38(42-34-16-5-6-17-35(34)43-40)26-20-21-29-28-13-3-4-15-32(28)41-33(29)23-26/h1-23H/q-1. The van der Waals surface area contributed by atoms with E-state index in [4.69, 9.17) is 9.97 Å². The van der Waals surface area contributed by atoms with E-state index in [1.54, 1.807) is 0 Å². The van der Waals surface area contributed by atoms with Crippen LogP contribution in [-0.2, 0) is 0 Å². The maximum absolute atomic E-state index is 5.45. The van der Waals surface area contributed by atoms with Crippen molar-refractivity contribution in [3.05, 3.63) is 147 Å². The van der Waals surface area contributed by atoms with Crippen molar-refractivity contribution in [2.24, 2.45) is 0 Å². The molecule has 4 heteroatoms. The molecule has 8 aromatic rings. The Hall–Kier alpha value is -5.07. The van der Waals surface area contributed by atoms with Gasteiger partial charge >= 0.3 is 266 Å². The van der Waals surface area contributed by atoms with Gasteiger partial charge in [0, 0.05) is 0 Å². The first-order valence-corrected chi connectivity index (χ1v) is 17.0. The van der Waals surface area contributed by atoms with Crippen LogP contribution in [0.4, 0.5) is 17.2 Å². The van der Waals surface area contributed by atoms with E-state index < -0.39 is 0 Å². The van der Waals surface area contributed by atoms with Gasteiger partial charge in [-0.15, -0.1) is 0 Å². The van der Waals surface area contributed by atoms with Gasteiger partial charge in [-0.2, -0.15) is 0 Å². The first-order valence-electron chi connectivity index (χ1n) is 14.8. The first kappa shape index (κ1) is 24.4. The molecule has 206 valence electrons. The third-order valence-electron chi connectivity index (χ3n) is 8.91. The normalized spacial score (nSPS) is 13.0. The molecule has 3 nitrogen and oxygen atoms in total. The first-order chi connectivity index (χ1) is 21.8. The van der Waals surface area contributed by atoms with E-state index in [1.165, 1.54) is 50.9 Å². The van der Waals surface area contributed by atoms with Crippen molar-refractivity contribution in [3.8, 4) is 33.5 Å². The minimum atomic E-state index is -0.258. The number of halogens is 1. The monoisotopic (exact) mass is 672 g/mol. The van der Waals surface area contributed by atoms with E-state index >= 15 is 0 Å². The summed E-state index contributed by atoms with van der Waals surface area (Å²) in [7, 11) is 0. The van der Waals surface area contributed by atoms with Gasteiger partial charge in [0.15, 0.2) is 0 Å². The molecule has 0 radical (unpaired) electrons. The minimum absolute atomic E-state index is 0.258. The summed E-state index contributed by atoms with van der Waals surface area (Å²) in [5.74, 6) is 0.858. The molecule has 0 spiro atoms. The predicted octanol–water partition coefficient (Wildman–Crippen LogP) is 7.16. The number of rotatable bonds is 2. The maximum atomic E-state index is 5.45.